The van der Waals surface area contributed by atoms with Crippen LogP contribution in [0.2, 0.25) is 0 Å². The molecular weight excluding hydrogens is 318 g/mol. The molecule has 2 rings (SSSR count). The van der Waals surface area contributed by atoms with Gasteiger partial charge in [-0.1, -0.05) is 36.1 Å². The van der Waals surface area contributed by atoms with Crippen molar-refractivity contribution in [2.24, 2.45) is 0 Å². The van der Waals surface area contributed by atoms with Crippen molar-refractivity contribution < 1.29 is 19.0 Å². The summed E-state index contributed by atoms with van der Waals surface area (Å²) in [5.41, 5.74) is 1.08. The van der Waals surface area contributed by atoms with Crippen LogP contribution >= 0.6 is 0 Å². The molecule has 0 aliphatic carbocycles. The SMILES string of the molecule is COc1ccccc1OCC#CCNC(=O)COc1cccc(C)c1. The quantitative estimate of drug-likeness (QED) is 0.788. The molecule has 0 aliphatic heterocycles. The number of benzene rings is 2. The van der Waals surface area contributed by atoms with Crippen molar-refractivity contribution in [2.75, 3.05) is 26.9 Å². The van der Waals surface area contributed by atoms with E-state index in [-0.39, 0.29) is 25.7 Å². The summed E-state index contributed by atoms with van der Waals surface area (Å²) in [6.45, 7) is 2.39. The van der Waals surface area contributed by atoms with Gasteiger partial charge in [0.25, 0.3) is 5.91 Å². The highest BCUT2D eigenvalue weighted by Crippen LogP contribution is 2.25. The third-order valence-electron chi connectivity index (χ3n) is 3.23. The van der Waals surface area contributed by atoms with Crippen molar-refractivity contribution in [3.05, 3.63) is 54.1 Å². The van der Waals surface area contributed by atoms with Crippen LogP contribution in [0.15, 0.2) is 48.5 Å². The zero-order chi connectivity index (χ0) is 17.9. The molecule has 5 nitrogen and oxygen atoms in total. The number of hydrogen-bond acceptors (Lipinski definition) is 4. The number of ether oxygens (including phenoxy) is 3. The normalized spacial score (nSPS) is 9.52. The molecule has 25 heavy (non-hydrogen) atoms. The molecule has 1 amide bonds. The minimum Gasteiger partial charge on any atom is -0.493 e. The van der Waals surface area contributed by atoms with Crippen molar-refractivity contribution in [3.63, 3.8) is 0 Å². The Bertz CT molecular complexity index is 762. The van der Waals surface area contributed by atoms with Crippen molar-refractivity contribution in [3.8, 4) is 29.1 Å². The second-order valence-corrected chi connectivity index (χ2v) is 5.17. The fraction of sp³-hybridized carbons (Fsp3) is 0.250. The predicted octanol–water partition coefficient (Wildman–Crippen LogP) is 2.58. The van der Waals surface area contributed by atoms with E-state index < -0.39 is 0 Å². The van der Waals surface area contributed by atoms with Crippen LogP contribution in [-0.2, 0) is 4.79 Å². The highest BCUT2D eigenvalue weighted by molar-refractivity contribution is 5.77. The van der Waals surface area contributed by atoms with Crippen LogP contribution < -0.4 is 19.5 Å². The highest BCUT2D eigenvalue weighted by Gasteiger charge is 2.02. The van der Waals surface area contributed by atoms with Crippen LogP contribution in [0.25, 0.3) is 0 Å². The second-order valence-electron chi connectivity index (χ2n) is 5.17. The van der Waals surface area contributed by atoms with Gasteiger partial charge in [0.05, 0.1) is 13.7 Å². The van der Waals surface area contributed by atoms with Gasteiger partial charge >= 0.3 is 0 Å². The van der Waals surface area contributed by atoms with Gasteiger partial charge in [0.15, 0.2) is 18.1 Å². The van der Waals surface area contributed by atoms with Gasteiger partial charge in [-0.3, -0.25) is 4.79 Å². The second kappa shape index (κ2) is 9.89. The number of amides is 1. The molecule has 0 saturated heterocycles. The Hall–Kier alpha value is -3.13. The maximum atomic E-state index is 11.7. The Morgan fingerprint density at radius 1 is 1.04 bits per heavy atom. The van der Waals surface area contributed by atoms with E-state index in [9.17, 15) is 4.79 Å². The van der Waals surface area contributed by atoms with Gasteiger partial charge in [-0.05, 0) is 36.8 Å². The van der Waals surface area contributed by atoms with E-state index >= 15 is 0 Å². The molecule has 0 bridgehead atoms. The number of aryl methyl sites for hydroxylation is 1. The van der Waals surface area contributed by atoms with E-state index in [1.54, 1.807) is 7.11 Å². The number of hydrogen-bond donors (Lipinski definition) is 1. The fourth-order valence-corrected chi connectivity index (χ4v) is 2.01. The highest BCUT2D eigenvalue weighted by atomic mass is 16.5. The first-order valence-corrected chi connectivity index (χ1v) is 7.87. The lowest BCUT2D eigenvalue weighted by molar-refractivity contribution is -0.122. The van der Waals surface area contributed by atoms with Crippen molar-refractivity contribution in [1.82, 2.24) is 5.32 Å². The Balaban J connectivity index is 1.65. The van der Waals surface area contributed by atoms with Crippen LogP contribution in [0.4, 0.5) is 0 Å². The molecule has 0 saturated carbocycles. The molecule has 2 aromatic carbocycles. The van der Waals surface area contributed by atoms with Gasteiger partial charge in [-0.25, -0.2) is 0 Å². The molecule has 0 atom stereocenters. The van der Waals surface area contributed by atoms with Crippen molar-refractivity contribution in [2.45, 2.75) is 6.92 Å². The summed E-state index contributed by atoms with van der Waals surface area (Å²) >= 11 is 0. The number of carbonyl (C=O) groups excluding carboxylic acids is 1. The Kier molecular flexibility index (Phi) is 7.20. The summed E-state index contributed by atoms with van der Waals surface area (Å²) < 4.78 is 16.1. The van der Waals surface area contributed by atoms with E-state index in [1.165, 1.54) is 0 Å². The molecule has 2 aromatic rings. The van der Waals surface area contributed by atoms with Gasteiger partial charge < -0.3 is 19.5 Å². The lowest BCUT2D eigenvalue weighted by Crippen LogP contribution is -2.29. The molecule has 0 fully saturated rings. The molecule has 130 valence electrons. The van der Waals surface area contributed by atoms with Gasteiger partial charge in [0, 0.05) is 0 Å². The fourth-order valence-electron chi connectivity index (χ4n) is 2.01. The molecule has 1 N–H and O–H groups in total. The summed E-state index contributed by atoms with van der Waals surface area (Å²) in [6, 6.07) is 14.9. The number of nitrogens with one attached hydrogen (secondary N) is 1. The van der Waals surface area contributed by atoms with Gasteiger partial charge in [0.2, 0.25) is 0 Å². The average Bonchev–Trinajstić information content (AvgIpc) is 2.63. The molecule has 0 unspecified atom stereocenters. The standard InChI is InChI=1S/C20H21NO4/c1-16-8-7-9-17(14-16)25-15-20(22)21-12-5-6-13-24-19-11-4-3-10-18(19)23-2/h3-4,7-11,14H,12-13,15H2,1-2H3,(H,21,22). The van der Waals surface area contributed by atoms with E-state index in [2.05, 4.69) is 17.2 Å². The summed E-state index contributed by atoms with van der Waals surface area (Å²) in [6.07, 6.45) is 0. The third kappa shape index (κ3) is 6.48. The Morgan fingerprint density at radius 2 is 1.84 bits per heavy atom. The summed E-state index contributed by atoms with van der Waals surface area (Å²) in [5.74, 6) is 7.41. The van der Waals surface area contributed by atoms with E-state index in [4.69, 9.17) is 14.2 Å². The lowest BCUT2D eigenvalue weighted by atomic mass is 10.2. The average molecular weight is 339 g/mol. The number of para-hydroxylation sites is 2. The van der Waals surface area contributed by atoms with Crippen LogP contribution in [0.1, 0.15) is 5.56 Å². The smallest absolute Gasteiger partial charge is 0.258 e. The molecule has 5 heteroatoms. The molecule has 0 radical (unpaired) electrons. The zero-order valence-electron chi connectivity index (χ0n) is 14.4. The predicted molar refractivity (Wildman–Crippen MR) is 95.9 cm³/mol. The van der Waals surface area contributed by atoms with Crippen LogP contribution in [0, 0.1) is 18.8 Å². The maximum absolute atomic E-state index is 11.7. The number of methoxy groups -OCH3 is 1. The minimum atomic E-state index is -0.221. The Labute approximate surface area is 147 Å². The number of carbonyl (C=O) groups is 1. The van der Waals surface area contributed by atoms with Crippen molar-refractivity contribution >= 4 is 5.91 Å². The Morgan fingerprint density at radius 3 is 2.60 bits per heavy atom. The van der Waals surface area contributed by atoms with Crippen LogP contribution in [-0.4, -0.2) is 32.8 Å². The van der Waals surface area contributed by atoms with Crippen LogP contribution in [0.3, 0.4) is 0 Å². The molecular formula is C20H21NO4. The van der Waals surface area contributed by atoms with Crippen LogP contribution in [0.5, 0.6) is 17.2 Å². The summed E-state index contributed by atoms with van der Waals surface area (Å²) in [5, 5.41) is 2.67. The first-order chi connectivity index (χ1) is 12.2. The van der Waals surface area contributed by atoms with Gasteiger partial charge in [-0.2, -0.15) is 0 Å². The first-order valence-electron chi connectivity index (χ1n) is 7.87. The largest absolute Gasteiger partial charge is 0.493 e. The minimum absolute atomic E-state index is 0.0388. The first kappa shape index (κ1) is 18.2. The topological polar surface area (TPSA) is 56.8 Å². The summed E-state index contributed by atoms with van der Waals surface area (Å²) in [4.78, 5) is 11.7. The molecule has 0 aromatic heterocycles. The van der Waals surface area contributed by atoms with Gasteiger partial charge in [-0.15, -0.1) is 0 Å². The summed E-state index contributed by atoms with van der Waals surface area (Å²) in [7, 11) is 1.59. The van der Waals surface area contributed by atoms with E-state index in [0.29, 0.717) is 17.2 Å². The molecule has 0 spiro atoms. The maximum Gasteiger partial charge on any atom is 0.258 e. The molecule has 0 heterocycles. The van der Waals surface area contributed by atoms with E-state index in [1.807, 2.05) is 55.5 Å². The zero-order valence-corrected chi connectivity index (χ0v) is 14.4. The third-order valence-corrected chi connectivity index (χ3v) is 3.23. The van der Waals surface area contributed by atoms with Crippen molar-refractivity contribution in [1.29, 1.82) is 0 Å². The van der Waals surface area contributed by atoms with Gasteiger partial charge in [0.1, 0.15) is 12.4 Å². The molecule has 0 aliphatic rings. The lowest BCUT2D eigenvalue weighted by Gasteiger charge is -2.07. The van der Waals surface area contributed by atoms with E-state index in [0.717, 1.165) is 5.56 Å². The number of rotatable bonds is 7. The monoisotopic (exact) mass is 339 g/mol.